The van der Waals surface area contributed by atoms with Crippen molar-refractivity contribution in [2.24, 2.45) is 0 Å². The fraction of sp³-hybridized carbons (Fsp3) is 0.182. The lowest BCUT2D eigenvalue weighted by Gasteiger charge is -2.16. The van der Waals surface area contributed by atoms with E-state index in [1.54, 1.807) is 18.3 Å². The molecule has 1 amide bonds. The number of phenolic OH excluding ortho intramolecular Hbond substituents is 1. The van der Waals surface area contributed by atoms with Crippen LogP contribution in [0.25, 0.3) is 0 Å². The van der Waals surface area contributed by atoms with Crippen LogP contribution in [0.3, 0.4) is 0 Å². The molecule has 2 heterocycles. The maximum absolute atomic E-state index is 13.5. The highest BCUT2D eigenvalue weighted by Gasteiger charge is 2.35. The number of pyridine rings is 1. The fourth-order valence-corrected chi connectivity index (χ4v) is 4.74. The molecule has 1 aliphatic heterocycles. The molecule has 3 aromatic rings. The Bertz CT molecular complexity index is 1210. The first-order valence-corrected chi connectivity index (χ1v) is 11.1. The highest BCUT2D eigenvalue weighted by Crippen LogP contribution is 2.41. The number of rotatable bonds is 7. The Balaban J connectivity index is 1.63. The molecule has 1 aliphatic rings. The molecule has 1 aromatic heterocycles. The van der Waals surface area contributed by atoms with E-state index in [-0.39, 0.29) is 41.7 Å². The summed E-state index contributed by atoms with van der Waals surface area (Å²) in [5.74, 6) is -1.25. The summed E-state index contributed by atoms with van der Waals surface area (Å²) < 4.78 is 34.6. The zero-order valence-electron chi connectivity index (χ0n) is 17.0. The number of fused-ring (bicyclic) bond motifs is 1. The number of aromatic hydroxyl groups is 1. The van der Waals surface area contributed by atoms with Gasteiger partial charge >= 0.3 is 0 Å². The Morgan fingerprint density at radius 2 is 2.12 bits per heavy atom. The normalized spacial score (nSPS) is 13.8. The summed E-state index contributed by atoms with van der Waals surface area (Å²) in [5, 5.41) is 10.5. The number of phenols is 1. The number of methoxy groups -OCH3 is 1. The first-order chi connectivity index (χ1) is 15.4. The van der Waals surface area contributed by atoms with Crippen molar-refractivity contribution in [1.29, 1.82) is 0 Å². The number of amides is 1. The van der Waals surface area contributed by atoms with E-state index in [2.05, 4.69) is 9.71 Å². The van der Waals surface area contributed by atoms with E-state index in [4.69, 9.17) is 16.3 Å². The summed E-state index contributed by atoms with van der Waals surface area (Å²) in [7, 11) is -0.345. The van der Waals surface area contributed by atoms with Gasteiger partial charge in [0.15, 0.2) is 11.5 Å². The Morgan fingerprint density at radius 1 is 1.31 bits per heavy atom. The summed E-state index contributed by atoms with van der Waals surface area (Å²) in [5.41, 5.74) is 1.81. The van der Waals surface area contributed by atoms with Crippen LogP contribution in [0.4, 0.5) is 4.39 Å². The summed E-state index contributed by atoms with van der Waals surface area (Å²) >= 11 is 5.85. The van der Waals surface area contributed by atoms with E-state index >= 15 is 0 Å². The molecule has 2 aromatic carbocycles. The standard InChI is InChI=1S/C22H19ClFN3O4S/c1-31-18-9-19(32(30)26-10-14-4-2-3-7-25-14)15-12-27(22(29)20(15)21(18)28)11-13-5-6-17(24)16(23)8-13/h2-9,26,28H,10-12H2,1H3. The third-order valence-electron chi connectivity index (χ3n) is 5.07. The van der Waals surface area contributed by atoms with Gasteiger partial charge in [0.1, 0.15) is 16.8 Å². The Kier molecular flexibility index (Phi) is 6.40. The first-order valence-electron chi connectivity index (χ1n) is 9.60. The predicted molar refractivity (Wildman–Crippen MR) is 117 cm³/mol. The molecule has 0 aliphatic carbocycles. The van der Waals surface area contributed by atoms with E-state index in [0.717, 1.165) is 0 Å². The lowest BCUT2D eigenvalue weighted by molar-refractivity contribution is 0.0764. The number of carbonyl (C=O) groups is 1. The second-order valence-corrected chi connectivity index (χ2v) is 8.77. The molecule has 1 unspecified atom stereocenters. The van der Waals surface area contributed by atoms with Crippen LogP contribution in [-0.4, -0.2) is 32.2 Å². The van der Waals surface area contributed by atoms with Crippen molar-refractivity contribution >= 4 is 28.5 Å². The quantitative estimate of drug-likeness (QED) is 0.545. The minimum Gasteiger partial charge on any atom is -0.504 e. The van der Waals surface area contributed by atoms with Gasteiger partial charge < -0.3 is 14.7 Å². The Hall–Kier alpha value is -3.01. The number of nitrogens with one attached hydrogen (secondary N) is 1. The van der Waals surface area contributed by atoms with E-state index in [1.165, 1.54) is 36.3 Å². The number of halogens is 2. The van der Waals surface area contributed by atoms with E-state index in [9.17, 15) is 18.5 Å². The van der Waals surface area contributed by atoms with Crippen LogP contribution >= 0.6 is 11.6 Å². The maximum Gasteiger partial charge on any atom is 0.258 e. The average molecular weight is 476 g/mol. The molecule has 0 saturated heterocycles. The molecular formula is C22H19ClFN3O4S. The van der Waals surface area contributed by atoms with Crippen LogP contribution in [0, 0.1) is 5.82 Å². The Labute approximate surface area is 191 Å². The number of hydrogen-bond acceptors (Lipinski definition) is 5. The van der Waals surface area contributed by atoms with Gasteiger partial charge in [0, 0.05) is 30.9 Å². The van der Waals surface area contributed by atoms with Gasteiger partial charge in [-0.2, -0.15) is 0 Å². The molecule has 2 N–H and O–H groups in total. The van der Waals surface area contributed by atoms with Gasteiger partial charge in [0.05, 0.1) is 34.8 Å². The van der Waals surface area contributed by atoms with Crippen molar-refractivity contribution in [3.05, 3.63) is 81.9 Å². The van der Waals surface area contributed by atoms with Gasteiger partial charge in [0.2, 0.25) is 0 Å². The summed E-state index contributed by atoms with van der Waals surface area (Å²) in [4.78, 5) is 19.1. The third-order valence-corrected chi connectivity index (χ3v) is 6.53. The van der Waals surface area contributed by atoms with Gasteiger partial charge in [-0.1, -0.05) is 23.7 Å². The number of hydrogen-bond donors (Lipinski definition) is 2. The summed E-state index contributed by atoms with van der Waals surface area (Å²) in [6.07, 6.45) is 1.64. The van der Waals surface area contributed by atoms with E-state index in [1.807, 2.05) is 6.07 Å². The average Bonchev–Trinajstić information content (AvgIpc) is 3.12. The second kappa shape index (κ2) is 9.23. The molecule has 0 bridgehead atoms. The SMILES string of the molecule is COc1cc(S(=O)NCc2ccccn2)c2c(c1O)C(=O)N(Cc1ccc(F)c(Cl)c1)C2. The zero-order chi connectivity index (χ0) is 22.8. The Morgan fingerprint density at radius 3 is 2.81 bits per heavy atom. The molecule has 4 rings (SSSR count). The van der Waals surface area contributed by atoms with Gasteiger partial charge in [-0.15, -0.1) is 0 Å². The van der Waals surface area contributed by atoms with Gasteiger partial charge in [-0.25, -0.2) is 13.3 Å². The molecule has 0 saturated carbocycles. The van der Waals surface area contributed by atoms with Gasteiger partial charge in [-0.3, -0.25) is 9.78 Å². The van der Waals surface area contributed by atoms with Crippen molar-refractivity contribution in [2.75, 3.05) is 7.11 Å². The number of carbonyl (C=O) groups excluding carboxylic acids is 1. The third kappa shape index (κ3) is 4.32. The largest absolute Gasteiger partial charge is 0.504 e. The van der Waals surface area contributed by atoms with E-state index in [0.29, 0.717) is 21.7 Å². The molecule has 166 valence electrons. The first kappa shape index (κ1) is 22.2. The van der Waals surface area contributed by atoms with E-state index < -0.39 is 22.7 Å². The fourth-order valence-electron chi connectivity index (χ4n) is 3.50. The van der Waals surface area contributed by atoms with Crippen LogP contribution in [0.5, 0.6) is 11.5 Å². The zero-order valence-corrected chi connectivity index (χ0v) is 18.5. The lowest BCUT2D eigenvalue weighted by atomic mass is 10.1. The van der Waals surface area contributed by atoms with Gasteiger partial charge in [0.25, 0.3) is 5.91 Å². The van der Waals surface area contributed by atoms with Crippen molar-refractivity contribution in [1.82, 2.24) is 14.6 Å². The van der Waals surface area contributed by atoms with Crippen LogP contribution in [0.15, 0.2) is 53.6 Å². The predicted octanol–water partition coefficient (Wildman–Crippen LogP) is 3.56. The molecule has 7 nitrogen and oxygen atoms in total. The number of ether oxygens (including phenoxy) is 1. The molecule has 0 radical (unpaired) electrons. The van der Waals surface area contributed by atoms with Crippen molar-refractivity contribution in [3.63, 3.8) is 0 Å². The van der Waals surface area contributed by atoms with Crippen molar-refractivity contribution in [2.45, 2.75) is 24.5 Å². The maximum atomic E-state index is 13.5. The molecule has 1 atom stereocenters. The molecule has 0 fully saturated rings. The van der Waals surface area contributed by atoms with Crippen LogP contribution in [-0.2, 0) is 30.6 Å². The summed E-state index contributed by atoms with van der Waals surface area (Å²) in [6.45, 7) is 0.507. The van der Waals surface area contributed by atoms with Crippen LogP contribution < -0.4 is 9.46 Å². The van der Waals surface area contributed by atoms with Crippen molar-refractivity contribution in [3.8, 4) is 11.5 Å². The van der Waals surface area contributed by atoms with Crippen molar-refractivity contribution < 1.29 is 23.2 Å². The summed E-state index contributed by atoms with van der Waals surface area (Å²) in [6, 6.07) is 11.1. The second-order valence-electron chi connectivity index (χ2n) is 7.10. The van der Waals surface area contributed by atoms with Gasteiger partial charge in [-0.05, 0) is 29.8 Å². The molecule has 32 heavy (non-hydrogen) atoms. The van der Waals surface area contributed by atoms with Crippen LogP contribution in [0.2, 0.25) is 5.02 Å². The lowest BCUT2D eigenvalue weighted by Crippen LogP contribution is -2.23. The smallest absolute Gasteiger partial charge is 0.258 e. The topological polar surface area (TPSA) is 91.8 Å². The number of nitrogens with zero attached hydrogens (tertiary/aromatic N) is 2. The molecular weight excluding hydrogens is 457 g/mol. The highest BCUT2D eigenvalue weighted by molar-refractivity contribution is 7.83. The molecule has 10 heteroatoms. The monoisotopic (exact) mass is 475 g/mol. The highest BCUT2D eigenvalue weighted by atomic mass is 35.5. The minimum atomic E-state index is -1.70. The van der Waals surface area contributed by atoms with Crippen LogP contribution in [0.1, 0.15) is 27.2 Å². The minimum absolute atomic E-state index is 0.0422. The molecule has 0 spiro atoms. The number of aromatic nitrogens is 1. The number of benzene rings is 2.